The van der Waals surface area contributed by atoms with Crippen molar-refractivity contribution in [2.45, 2.75) is 32.6 Å². The second-order valence-corrected chi connectivity index (χ2v) is 2.43. The van der Waals surface area contributed by atoms with Crippen LogP contribution in [0.2, 0.25) is 0 Å². The van der Waals surface area contributed by atoms with Crippen molar-refractivity contribution in [3.8, 4) is 0 Å². The summed E-state index contributed by atoms with van der Waals surface area (Å²) in [6.45, 7) is 2.01. The molecule has 1 N–H and O–H groups in total. The average Bonchev–Trinajstić information content (AvgIpc) is 1.77. The molecule has 1 rings (SSSR count). The third-order valence-electron chi connectivity index (χ3n) is 1.71. The van der Waals surface area contributed by atoms with Gasteiger partial charge in [-0.25, -0.2) is 0 Å². The Kier molecular flexibility index (Phi) is 4.10. The van der Waals surface area contributed by atoms with Gasteiger partial charge < -0.3 is 5.11 Å². The molecule has 0 unspecified atom stereocenters. The number of aliphatic hydroxyl groups is 1. The first kappa shape index (κ1) is 9.14. The molecule has 0 heterocycles. The van der Waals surface area contributed by atoms with Crippen molar-refractivity contribution in [3.63, 3.8) is 0 Å². The number of hydrogen-bond acceptors (Lipinski definition) is 1. The van der Waals surface area contributed by atoms with Crippen molar-refractivity contribution in [1.82, 2.24) is 0 Å². The maximum atomic E-state index is 9.06. The van der Waals surface area contributed by atoms with Gasteiger partial charge in [0.1, 0.15) is 0 Å². The second kappa shape index (κ2) is 4.03. The molecule has 1 aliphatic rings. The van der Waals surface area contributed by atoms with Crippen LogP contribution >= 0.6 is 0 Å². The van der Waals surface area contributed by atoms with Crippen LogP contribution in [0.5, 0.6) is 0 Å². The Morgan fingerprint density at radius 3 is 2.11 bits per heavy atom. The Labute approximate surface area is 68.3 Å². The fraction of sp³-hybridized carbons (Fsp3) is 0.714. The number of rotatable bonds is 0. The van der Waals surface area contributed by atoms with Crippen molar-refractivity contribution in [2.24, 2.45) is 0 Å². The SMILES string of the molecule is CC1=C(O)CCCC1.[LiH]. The van der Waals surface area contributed by atoms with E-state index in [1.54, 1.807) is 0 Å². The Bertz CT molecular complexity index is 104. The van der Waals surface area contributed by atoms with Gasteiger partial charge in [0.25, 0.3) is 0 Å². The van der Waals surface area contributed by atoms with Gasteiger partial charge in [0.15, 0.2) is 0 Å². The quantitative estimate of drug-likeness (QED) is 0.483. The Morgan fingerprint density at radius 1 is 1.22 bits per heavy atom. The van der Waals surface area contributed by atoms with Gasteiger partial charge in [0, 0.05) is 6.42 Å². The molecule has 2 heteroatoms. The van der Waals surface area contributed by atoms with E-state index < -0.39 is 0 Å². The van der Waals surface area contributed by atoms with E-state index in [1.165, 1.54) is 18.4 Å². The summed E-state index contributed by atoms with van der Waals surface area (Å²) in [6.07, 6.45) is 4.44. The van der Waals surface area contributed by atoms with Gasteiger partial charge in [-0.05, 0) is 31.8 Å². The van der Waals surface area contributed by atoms with Crippen LogP contribution in [0.4, 0.5) is 0 Å². The standard InChI is InChI=1S/C7H12O.Li.H/c1-6-4-2-3-5-7(6)8;;/h8H,2-5H2,1H3;;. The van der Waals surface area contributed by atoms with E-state index in [1.807, 2.05) is 6.92 Å². The molecule has 0 aromatic carbocycles. The topological polar surface area (TPSA) is 20.2 Å². The predicted octanol–water partition coefficient (Wildman–Crippen LogP) is 1.74. The molecular weight excluding hydrogens is 107 g/mol. The summed E-state index contributed by atoms with van der Waals surface area (Å²) >= 11 is 0. The average molecular weight is 120 g/mol. The van der Waals surface area contributed by atoms with Gasteiger partial charge in [-0.3, -0.25) is 0 Å². The van der Waals surface area contributed by atoms with Crippen molar-refractivity contribution in [2.75, 3.05) is 0 Å². The first-order chi connectivity index (χ1) is 3.80. The molecule has 0 saturated carbocycles. The zero-order valence-corrected chi connectivity index (χ0v) is 5.28. The molecule has 0 aliphatic heterocycles. The minimum atomic E-state index is 0. The third-order valence-corrected chi connectivity index (χ3v) is 1.71. The van der Waals surface area contributed by atoms with Gasteiger partial charge >= 0.3 is 18.9 Å². The molecule has 9 heavy (non-hydrogen) atoms. The summed E-state index contributed by atoms with van der Waals surface area (Å²) in [6, 6.07) is 0. The molecule has 0 bridgehead atoms. The second-order valence-electron chi connectivity index (χ2n) is 2.43. The van der Waals surface area contributed by atoms with Crippen LogP contribution in [0, 0.1) is 0 Å². The van der Waals surface area contributed by atoms with Crippen molar-refractivity contribution >= 4 is 18.9 Å². The zero-order valence-electron chi connectivity index (χ0n) is 5.28. The summed E-state index contributed by atoms with van der Waals surface area (Å²) in [5, 5.41) is 9.06. The molecule has 0 spiro atoms. The Balaban J connectivity index is 0.000000640. The van der Waals surface area contributed by atoms with Crippen molar-refractivity contribution < 1.29 is 5.11 Å². The van der Waals surface area contributed by atoms with Gasteiger partial charge in [-0.1, -0.05) is 0 Å². The monoisotopic (exact) mass is 120 g/mol. The third kappa shape index (κ3) is 2.47. The fourth-order valence-electron chi connectivity index (χ4n) is 1.04. The normalized spacial score (nSPS) is 19.2. The summed E-state index contributed by atoms with van der Waals surface area (Å²) in [5.41, 5.74) is 1.19. The molecule has 48 valence electrons. The molecule has 0 aromatic rings. The van der Waals surface area contributed by atoms with E-state index in [9.17, 15) is 0 Å². The molecule has 0 radical (unpaired) electrons. The van der Waals surface area contributed by atoms with Gasteiger partial charge in [0.2, 0.25) is 0 Å². The minimum absolute atomic E-state index is 0. The van der Waals surface area contributed by atoms with E-state index in [0.29, 0.717) is 5.76 Å². The van der Waals surface area contributed by atoms with E-state index in [4.69, 9.17) is 5.11 Å². The van der Waals surface area contributed by atoms with Crippen molar-refractivity contribution in [1.29, 1.82) is 0 Å². The summed E-state index contributed by atoms with van der Waals surface area (Å²) in [4.78, 5) is 0. The van der Waals surface area contributed by atoms with E-state index in [-0.39, 0.29) is 18.9 Å². The van der Waals surface area contributed by atoms with Crippen molar-refractivity contribution in [3.05, 3.63) is 11.3 Å². The molecule has 0 amide bonds. The van der Waals surface area contributed by atoms with Crippen LogP contribution in [0.25, 0.3) is 0 Å². The van der Waals surface area contributed by atoms with Crippen LogP contribution in [0.15, 0.2) is 11.3 Å². The predicted molar refractivity (Wildman–Crippen MR) is 40.9 cm³/mol. The summed E-state index contributed by atoms with van der Waals surface area (Å²) in [5.74, 6) is 0.635. The number of allylic oxidation sites excluding steroid dienone is 2. The molecule has 0 saturated heterocycles. The van der Waals surface area contributed by atoms with Crippen LogP contribution in [0.3, 0.4) is 0 Å². The van der Waals surface area contributed by atoms with Gasteiger partial charge in [-0.2, -0.15) is 0 Å². The maximum absolute atomic E-state index is 9.06. The fourth-order valence-corrected chi connectivity index (χ4v) is 1.04. The van der Waals surface area contributed by atoms with Crippen LogP contribution < -0.4 is 0 Å². The van der Waals surface area contributed by atoms with Crippen LogP contribution in [-0.2, 0) is 0 Å². The van der Waals surface area contributed by atoms with Crippen LogP contribution in [-0.4, -0.2) is 24.0 Å². The molecule has 0 fully saturated rings. The van der Waals surface area contributed by atoms with Gasteiger partial charge in [0.05, 0.1) is 5.76 Å². The molecule has 1 aliphatic carbocycles. The summed E-state index contributed by atoms with van der Waals surface area (Å²) in [7, 11) is 0. The first-order valence-corrected chi connectivity index (χ1v) is 3.18. The van der Waals surface area contributed by atoms with Gasteiger partial charge in [-0.15, -0.1) is 0 Å². The van der Waals surface area contributed by atoms with Crippen LogP contribution in [0.1, 0.15) is 32.6 Å². The zero-order chi connectivity index (χ0) is 5.98. The summed E-state index contributed by atoms with van der Waals surface area (Å²) < 4.78 is 0. The molecule has 0 atom stereocenters. The Morgan fingerprint density at radius 2 is 1.78 bits per heavy atom. The van der Waals surface area contributed by atoms with E-state index in [2.05, 4.69) is 0 Å². The first-order valence-electron chi connectivity index (χ1n) is 3.18. The molecule has 1 nitrogen and oxygen atoms in total. The Hall–Kier alpha value is 0.137. The molecular formula is C7H13LiO. The van der Waals surface area contributed by atoms with E-state index >= 15 is 0 Å². The molecule has 0 aromatic heterocycles. The van der Waals surface area contributed by atoms with E-state index in [0.717, 1.165) is 12.8 Å². The number of aliphatic hydroxyl groups excluding tert-OH is 1. The number of hydrogen-bond donors (Lipinski definition) is 1.